The Kier molecular flexibility index (Phi) is 19.3. The molecule has 5 heteroatoms. The Bertz CT molecular complexity index is 296. The maximum absolute atomic E-state index is 10.2. The third-order valence-corrected chi connectivity index (χ3v) is 3.24. The van der Waals surface area contributed by atoms with E-state index in [-0.39, 0.29) is 16.5 Å². The Balaban J connectivity index is -0.000000338. The molecule has 0 aliphatic carbocycles. The van der Waals surface area contributed by atoms with Gasteiger partial charge in [-0.1, -0.05) is 60.3 Å². The quantitative estimate of drug-likeness (QED) is 0.399. The fourth-order valence-electron chi connectivity index (χ4n) is 1.94. The normalized spacial score (nSPS) is 10.5. The van der Waals surface area contributed by atoms with Gasteiger partial charge in [0.2, 0.25) is 0 Å². The summed E-state index contributed by atoms with van der Waals surface area (Å²) in [5, 5.41) is 16.7. The molecule has 2 N–H and O–H groups in total. The van der Waals surface area contributed by atoms with Crippen molar-refractivity contribution in [3.63, 3.8) is 0 Å². The van der Waals surface area contributed by atoms with E-state index in [1.165, 1.54) is 6.42 Å². The molecule has 0 aromatic carbocycles. The number of aliphatic carboxylic acids is 2. The fourth-order valence-corrected chi connectivity index (χ4v) is 1.94. The van der Waals surface area contributed by atoms with E-state index >= 15 is 0 Å². The van der Waals surface area contributed by atoms with Crippen LogP contribution in [0, 0.1) is 11.3 Å². The third kappa shape index (κ3) is 34.0. The van der Waals surface area contributed by atoms with Crippen LogP contribution < -0.4 is 0 Å². The van der Waals surface area contributed by atoms with E-state index < -0.39 is 11.9 Å². The second-order valence-electron chi connectivity index (χ2n) is 7.55. The fraction of sp³-hybridized carbons (Fsp3) is 0.889. The Morgan fingerprint density at radius 3 is 1.61 bits per heavy atom. The van der Waals surface area contributed by atoms with Crippen LogP contribution in [-0.2, 0) is 26.1 Å². The molecule has 0 heterocycles. The first-order valence-electron chi connectivity index (χ1n) is 8.48. The largest absolute Gasteiger partial charge is 0.481 e. The SMILES string of the molecule is CC(C)(C)CCCCCC(=O)O.CC(C)CCCCC(=O)O.[Ni]. The summed E-state index contributed by atoms with van der Waals surface area (Å²) in [7, 11) is 0. The van der Waals surface area contributed by atoms with E-state index in [2.05, 4.69) is 34.6 Å². The van der Waals surface area contributed by atoms with Gasteiger partial charge in [0.15, 0.2) is 0 Å². The first kappa shape index (κ1) is 27.3. The predicted octanol–water partition coefficient (Wildman–Crippen LogP) is 5.35. The monoisotopic (exact) mass is 374 g/mol. The van der Waals surface area contributed by atoms with Gasteiger partial charge in [-0.3, -0.25) is 9.59 Å². The van der Waals surface area contributed by atoms with Crippen molar-refractivity contribution >= 4 is 11.9 Å². The van der Waals surface area contributed by atoms with Crippen molar-refractivity contribution in [1.29, 1.82) is 0 Å². The maximum atomic E-state index is 10.2. The third-order valence-electron chi connectivity index (χ3n) is 3.24. The molecule has 0 saturated carbocycles. The standard InChI is InChI=1S/C10H20O2.C8H16O2.Ni/c1-10(2,3)8-6-4-5-7-9(11)12;1-7(2)5-3-4-6-8(9)10;/h4-8H2,1-3H3,(H,11,12);7H,3-6H2,1-2H3,(H,9,10);. The smallest absolute Gasteiger partial charge is 0.303 e. The van der Waals surface area contributed by atoms with Gasteiger partial charge in [0.05, 0.1) is 0 Å². The Labute approximate surface area is 152 Å². The molecule has 0 bridgehead atoms. The number of carboxylic acid groups (broad SMARTS) is 2. The number of carboxylic acids is 2. The summed E-state index contributed by atoms with van der Waals surface area (Å²) >= 11 is 0. The molecule has 0 saturated heterocycles. The van der Waals surface area contributed by atoms with Crippen LogP contribution in [0.25, 0.3) is 0 Å². The second-order valence-corrected chi connectivity index (χ2v) is 7.55. The van der Waals surface area contributed by atoms with Gasteiger partial charge >= 0.3 is 11.9 Å². The summed E-state index contributed by atoms with van der Waals surface area (Å²) in [6.07, 6.45) is 7.88. The molecule has 0 aromatic rings. The van der Waals surface area contributed by atoms with Gasteiger partial charge in [-0.15, -0.1) is 0 Å². The van der Waals surface area contributed by atoms with Gasteiger partial charge in [-0.05, 0) is 30.6 Å². The zero-order chi connectivity index (χ0) is 17.6. The molecule has 0 rings (SSSR count). The second kappa shape index (κ2) is 16.3. The topological polar surface area (TPSA) is 74.6 Å². The number of unbranched alkanes of at least 4 members (excludes halogenated alkanes) is 3. The van der Waals surface area contributed by atoms with Crippen LogP contribution in [0.15, 0.2) is 0 Å². The van der Waals surface area contributed by atoms with Crippen LogP contribution in [-0.4, -0.2) is 22.2 Å². The van der Waals surface area contributed by atoms with E-state index in [0.29, 0.717) is 24.2 Å². The molecule has 0 unspecified atom stereocenters. The molecule has 0 aliphatic heterocycles. The molecule has 0 radical (unpaired) electrons. The molecule has 0 spiro atoms. The van der Waals surface area contributed by atoms with Crippen molar-refractivity contribution in [1.82, 2.24) is 0 Å². The minimum absolute atomic E-state index is 0. The van der Waals surface area contributed by atoms with Gasteiger partial charge in [0.25, 0.3) is 0 Å². The summed E-state index contributed by atoms with van der Waals surface area (Å²) in [6.45, 7) is 10.9. The van der Waals surface area contributed by atoms with E-state index in [0.717, 1.165) is 38.5 Å². The van der Waals surface area contributed by atoms with Gasteiger partial charge in [-0.25, -0.2) is 0 Å². The van der Waals surface area contributed by atoms with Gasteiger partial charge in [0.1, 0.15) is 0 Å². The minimum Gasteiger partial charge on any atom is -0.481 e. The van der Waals surface area contributed by atoms with Gasteiger partial charge < -0.3 is 10.2 Å². The molecular formula is C18H36NiO4. The average Bonchev–Trinajstić information content (AvgIpc) is 2.33. The Hall–Kier alpha value is -0.566. The molecule has 142 valence electrons. The Morgan fingerprint density at radius 1 is 0.826 bits per heavy atom. The first-order chi connectivity index (χ1) is 10.0. The number of rotatable bonds is 10. The number of hydrogen-bond donors (Lipinski definition) is 2. The molecule has 4 nitrogen and oxygen atoms in total. The number of hydrogen-bond acceptors (Lipinski definition) is 2. The molecule has 0 amide bonds. The molecule has 0 fully saturated rings. The van der Waals surface area contributed by atoms with Crippen LogP contribution in [0.4, 0.5) is 0 Å². The summed E-state index contributed by atoms with van der Waals surface area (Å²) in [5.41, 5.74) is 0.392. The van der Waals surface area contributed by atoms with E-state index in [1.54, 1.807) is 0 Å². The average molecular weight is 375 g/mol. The zero-order valence-electron chi connectivity index (χ0n) is 15.5. The van der Waals surface area contributed by atoms with Crippen molar-refractivity contribution in [3.8, 4) is 0 Å². The van der Waals surface area contributed by atoms with Crippen LogP contribution in [0.3, 0.4) is 0 Å². The van der Waals surface area contributed by atoms with E-state index in [9.17, 15) is 9.59 Å². The van der Waals surface area contributed by atoms with Crippen molar-refractivity contribution < 1.29 is 36.3 Å². The summed E-state index contributed by atoms with van der Waals surface area (Å²) in [4.78, 5) is 20.2. The molecular weight excluding hydrogens is 339 g/mol. The van der Waals surface area contributed by atoms with E-state index in [1.807, 2.05) is 0 Å². The van der Waals surface area contributed by atoms with Gasteiger partial charge in [-0.2, -0.15) is 0 Å². The maximum Gasteiger partial charge on any atom is 0.303 e. The van der Waals surface area contributed by atoms with E-state index in [4.69, 9.17) is 10.2 Å². The molecule has 23 heavy (non-hydrogen) atoms. The Morgan fingerprint density at radius 2 is 1.26 bits per heavy atom. The number of carbonyl (C=O) groups is 2. The first-order valence-corrected chi connectivity index (χ1v) is 8.48. The van der Waals surface area contributed by atoms with Crippen molar-refractivity contribution in [2.45, 2.75) is 92.4 Å². The minimum atomic E-state index is -0.677. The van der Waals surface area contributed by atoms with Crippen molar-refractivity contribution in [2.75, 3.05) is 0 Å². The van der Waals surface area contributed by atoms with Crippen molar-refractivity contribution in [3.05, 3.63) is 0 Å². The van der Waals surface area contributed by atoms with Crippen LogP contribution >= 0.6 is 0 Å². The molecule has 0 atom stereocenters. The van der Waals surface area contributed by atoms with Crippen LogP contribution in [0.1, 0.15) is 92.4 Å². The van der Waals surface area contributed by atoms with Gasteiger partial charge in [0, 0.05) is 29.3 Å². The zero-order valence-corrected chi connectivity index (χ0v) is 16.5. The summed E-state index contributed by atoms with van der Waals surface area (Å²) in [5.74, 6) is -0.650. The molecule has 0 aromatic heterocycles. The van der Waals surface area contributed by atoms with Crippen LogP contribution in [0.5, 0.6) is 0 Å². The van der Waals surface area contributed by atoms with Crippen molar-refractivity contribution in [2.24, 2.45) is 11.3 Å². The predicted molar refractivity (Wildman–Crippen MR) is 91.1 cm³/mol. The summed E-state index contributed by atoms with van der Waals surface area (Å²) in [6, 6.07) is 0. The summed E-state index contributed by atoms with van der Waals surface area (Å²) < 4.78 is 0. The van der Waals surface area contributed by atoms with Crippen LogP contribution in [0.2, 0.25) is 0 Å². The molecule has 0 aliphatic rings.